The lowest BCUT2D eigenvalue weighted by Gasteiger charge is -2.30. The van der Waals surface area contributed by atoms with Gasteiger partial charge >= 0.3 is 12.1 Å². The van der Waals surface area contributed by atoms with E-state index in [-0.39, 0.29) is 6.09 Å². The third-order valence-corrected chi connectivity index (χ3v) is 8.18. The summed E-state index contributed by atoms with van der Waals surface area (Å²) in [5.41, 5.74) is 3.28. The molecular formula is C33H46N2O5S. The second kappa shape index (κ2) is 15.3. The van der Waals surface area contributed by atoms with Crippen LogP contribution in [-0.2, 0) is 16.1 Å². The van der Waals surface area contributed by atoms with Gasteiger partial charge in [-0.1, -0.05) is 62.4 Å². The van der Waals surface area contributed by atoms with Crippen molar-refractivity contribution in [3.8, 4) is 11.1 Å². The zero-order chi connectivity index (χ0) is 30.0. The van der Waals surface area contributed by atoms with Gasteiger partial charge in [-0.15, -0.1) is 0 Å². The van der Waals surface area contributed by atoms with E-state index in [2.05, 4.69) is 5.32 Å². The molecule has 7 nitrogen and oxygen atoms in total. The third-order valence-electron chi connectivity index (χ3n) is 7.54. The number of carboxylic acid groups (broad SMARTS) is 1. The molecule has 0 heterocycles. The number of aryl methyl sites for hydroxylation is 1. The second-order valence-electron chi connectivity index (χ2n) is 12.0. The molecule has 2 amide bonds. The molecule has 1 saturated carbocycles. The van der Waals surface area contributed by atoms with Gasteiger partial charge in [0.15, 0.2) is 0 Å². The standard InChI is InChI=1S/C33H46N2O5S/c1-23-11-9-10-14-26(23)28-21-25(15-16-27(28)30(36)34-29(31(37)38)18-20-41-5)22-35(32(39)40-33(2,3)4)19-17-24-12-7-6-8-13-24/h9-11,14-16,21,24,29H,6-8,12-13,17-20,22H2,1-5H3,(H,34,36)(H,37,38)/t29-/m0/s1. The number of nitrogens with one attached hydrogen (secondary N) is 1. The largest absolute Gasteiger partial charge is 0.480 e. The first-order chi connectivity index (χ1) is 19.5. The van der Waals surface area contributed by atoms with E-state index < -0.39 is 23.5 Å². The van der Waals surface area contributed by atoms with Crippen molar-refractivity contribution in [2.75, 3.05) is 18.6 Å². The highest BCUT2D eigenvalue weighted by molar-refractivity contribution is 7.98. The molecule has 1 aliphatic rings. The average Bonchev–Trinajstić information content (AvgIpc) is 2.92. The number of amides is 2. The smallest absolute Gasteiger partial charge is 0.410 e. The van der Waals surface area contributed by atoms with Crippen LogP contribution < -0.4 is 5.32 Å². The quantitative estimate of drug-likeness (QED) is 0.273. The number of carboxylic acids is 1. The SMILES string of the molecule is CSCC[C@H](NC(=O)c1ccc(CN(CCC2CCCCC2)C(=O)OC(C)(C)C)cc1-c1ccccc1C)C(=O)O. The van der Waals surface area contributed by atoms with E-state index in [9.17, 15) is 19.5 Å². The number of benzene rings is 2. The number of hydrogen-bond acceptors (Lipinski definition) is 5. The molecule has 2 N–H and O–H groups in total. The Bertz CT molecular complexity index is 1190. The maximum Gasteiger partial charge on any atom is 0.410 e. The molecule has 1 fully saturated rings. The summed E-state index contributed by atoms with van der Waals surface area (Å²) in [5, 5.41) is 12.4. The Kier molecular flexibility index (Phi) is 12.1. The number of aliphatic carboxylic acids is 1. The van der Waals surface area contributed by atoms with Crippen molar-refractivity contribution in [2.45, 2.75) is 90.8 Å². The summed E-state index contributed by atoms with van der Waals surface area (Å²) in [7, 11) is 0. The van der Waals surface area contributed by atoms with E-state index in [4.69, 9.17) is 4.74 Å². The molecule has 2 aromatic rings. The molecule has 41 heavy (non-hydrogen) atoms. The summed E-state index contributed by atoms with van der Waals surface area (Å²) in [6.45, 7) is 8.57. The number of rotatable bonds is 12. The lowest BCUT2D eigenvalue weighted by atomic mass is 9.87. The molecule has 0 saturated heterocycles. The monoisotopic (exact) mass is 582 g/mol. The van der Waals surface area contributed by atoms with Gasteiger partial charge in [-0.2, -0.15) is 11.8 Å². The predicted octanol–water partition coefficient (Wildman–Crippen LogP) is 7.31. The summed E-state index contributed by atoms with van der Waals surface area (Å²) in [6.07, 6.45) is 9.05. The van der Waals surface area contributed by atoms with E-state index in [1.165, 1.54) is 32.1 Å². The van der Waals surface area contributed by atoms with Crippen LogP contribution in [0.25, 0.3) is 11.1 Å². The summed E-state index contributed by atoms with van der Waals surface area (Å²) in [5.74, 6) is -0.227. The summed E-state index contributed by atoms with van der Waals surface area (Å²) in [4.78, 5) is 40.3. The number of carbonyl (C=O) groups excluding carboxylic acids is 2. The van der Waals surface area contributed by atoms with Gasteiger partial charge in [0.2, 0.25) is 0 Å². The van der Waals surface area contributed by atoms with Crippen LogP contribution in [0.2, 0.25) is 0 Å². The fourth-order valence-corrected chi connectivity index (χ4v) is 5.78. The number of nitrogens with zero attached hydrogens (tertiary/aromatic N) is 1. The van der Waals surface area contributed by atoms with E-state index in [1.54, 1.807) is 22.7 Å². The Morgan fingerprint density at radius 2 is 1.78 bits per heavy atom. The van der Waals surface area contributed by atoms with Gasteiger partial charge in [-0.25, -0.2) is 9.59 Å². The lowest BCUT2D eigenvalue weighted by molar-refractivity contribution is -0.139. The van der Waals surface area contributed by atoms with Gasteiger partial charge in [0.05, 0.1) is 0 Å². The molecule has 0 unspecified atom stereocenters. The van der Waals surface area contributed by atoms with Crippen LogP contribution in [0.1, 0.15) is 87.2 Å². The summed E-state index contributed by atoms with van der Waals surface area (Å²) >= 11 is 1.54. The number of ether oxygens (including phenoxy) is 1. The van der Waals surface area contributed by atoms with Crippen molar-refractivity contribution < 1.29 is 24.2 Å². The first kappa shape index (κ1) is 32.5. The number of carbonyl (C=O) groups is 3. The van der Waals surface area contributed by atoms with Crippen LogP contribution in [0, 0.1) is 12.8 Å². The van der Waals surface area contributed by atoms with Crippen LogP contribution >= 0.6 is 11.8 Å². The van der Waals surface area contributed by atoms with Gasteiger partial charge in [0.1, 0.15) is 11.6 Å². The Labute approximate surface area is 249 Å². The number of thioether (sulfide) groups is 1. The zero-order valence-electron chi connectivity index (χ0n) is 25.2. The molecule has 3 rings (SSSR count). The summed E-state index contributed by atoms with van der Waals surface area (Å²) in [6, 6.07) is 12.4. The van der Waals surface area contributed by atoms with Crippen molar-refractivity contribution in [3.63, 3.8) is 0 Å². The van der Waals surface area contributed by atoms with Gasteiger partial charge in [0.25, 0.3) is 5.91 Å². The van der Waals surface area contributed by atoms with Crippen LogP contribution in [0.3, 0.4) is 0 Å². The minimum Gasteiger partial charge on any atom is -0.480 e. The zero-order valence-corrected chi connectivity index (χ0v) is 26.0. The molecule has 1 atom stereocenters. The molecule has 2 aromatic carbocycles. The molecular weight excluding hydrogens is 536 g/mol. The fourth-order valence-electron chi connectivity index (χ4n) is 5.31. The summed E-state index contributed by atoms with van der Waals surface area (Å²) < 4.78 is 5.77. The van der Waals surface area contributed by atoms with Gasteiger partial charge in [0, 0.05) is 18.7 Å². The maximum absolute atomic E-state index is 13.4. The first-order valence-corrected chi connectivity index (χ1v) is 16.1. The number of hydrogen-bond donors (Lipinski definition) is 2. The van der Waals surface area contributed by atoms with E-state index in [0.717, 1.165) is 23.1 Å². The normalized spacial score (nSPS) is 14.8. The van der Waals surface area contributed by atoms with Crippen molar-refractivity contribution in [3.05, 3.63) is 59.2 Å². The fraction of sp³-hybridized carbons (Fsp3) is 0.545. The van der Waals surface area contributed by atoms with Crippen molar-refractivity contribution in [1.82, 2.24) is 10.2 Å². The Morgan fingerprint density at radius 1 is 1.07 bits per heavy atom. The second-order valence-corrected chi connectivity index (χ2v) is 13.0. The van der Waals surface area contributed by atoms with E-state index >= 15 is 0 Å². The highest BCUT2D eigenvalue weighted by atomic mass is 32.2. The minimum absolute atomic E-state index is 0.339. The highest BCUT2D eigenvalue weighted by Crippen LogP contribution is 2.30. The van der Waals surface area contributed by atoms with Crippen molar-refractivity contribution in [1.29, 1.82) is 0 Å². The van der Waals surface area contributed by atoms with Crippen molar-refractivity contribution in [2.24, 2.45) is 5.92 Å². The topological polar surface area (TPSA) is 95.9 Å². The molecule has 8 heteroatoms. The molecule has 0 aliphatic heterocycles. The van der Waals surface area contributed by atoms with Crippen molar-refractivity contribution >= 4 is 29.7 Å². The van der Waals surface area contributed by atoms with Gasteiger partial charge in [-0.3, -0.25) is 4.79 Å². The van der Waals surface area contributed by atoms with Crippen LogP contribution in [-0.4, -0.2) is 58.2 Å². The maximum atomic E-state index is 13.4. The van der Waals surface area contributed by atoms with Crippen LogP contribution in [0.5, 0.6) is 0 Å². The van der Waals surface area contributed by atoms with Gasteiger partial charge in [-0.05, 0) is 92.8 Å². The highest BCUT2D eigenvalue weighted by Gasteiger charge is 2.26. The van der Waals surface area contributed by atoms with Crippen LogP contribution in [0.4, 0.5) is 4.79 Å². The third kappa shape index (κ3) is 10.1. The van der Waals surface area contributed by atoms with Crippen LogP contribution in [0.15, 0.2) is 42.5 Å². The molecule has 0 bridgehead atoms. The predicted molar refractivity (Wildman–Crippen MR) is 166 cm³/mol. The molecule has 0 aromatic heterocycles. The molecule has 0 spiro atoms. The Hall–Kier alpha value is -3.00. The molecule has 0 radical (unpaired) electrons. The molecule has 1 aliphatic carbocycles. The minimum atomic E-state index is -1.05. The van der Waals surface area contributed by atoms with E-state index in [0.29, 0.717) is 42.3 Å². The van der Waals surface area contributed by atoms with Gasteiger partial charge < -0.3 is 20.1 Å². The average molecular weight is 583 g/mol. The Balaban J connectivity index is 1.93. The first-order valence-electron chi connectivity index (χ1n) is 14.7. The molecule has 224 valence electrons. The van der Waals surface area contributed by atoms with E-state index in [1.807, 2.05) is 70.3 Å². The Morgan fingerprint density at radius 3 is 2.41 bits per heavy atom. The lowest BCUT2D eigenvalue weighted by Crippen LogP contribution is -2.41.